The molecule has 21 heavy (non-hydrogen) atoms. The number of carbonyl (C=O) groups excluding carboxylic acids is 2. The van der Waals surface area contributed by atoms with Crippen LogP contribution >= 0.6 is 11.3 Å². The summed E-state index contributed by atoms with van der Waals surface area (Å²) in [6.07, 6.45) is 3.38. The van der Waals surface area contributed by atoms with Gasteiger partial charge in [-0.3, -0.25) is 4.79 Å². The Bertz CT molecular complexity index is 545. The standard InChI is InChI=1S/C15H22N2O3S/c1-9(2)12(18)13-11(16)10(15(19)20-3)14(21-13)17-7-5-4-6-8-17/h9H,4-8,16H2,1-3H3. The van der Waals surface area contributed by atoms with E-state index in [1.807, 2.05) is 13.8 Å². The van der Waals surface area contributed by atoms with Gasteiger partial charge >= 0.3 is 5.97 Å². The van der Waals surface area contributed by atoms with Gasteiger partial charge in [0.15, 0.2) is 5.78 Å². The minimum atomic E-state index is -0.466. The van der Waals surface area contributed by atoms with Crippen LogP contribution in [0, 0.1) is 5.92 Å². The van der Waals surface area contributed by atoms with Gasteiger partial charge in [0.1, 0.15) is 10.6 Å². The molecule has 0 bridgehead atoms. The van der Waals surface area contributed by atoms with Gasteiger partial charge in [-0.2, -0.15) is 0 Å². The summed E-state index contributed by atoms with van der Waals surface area (Å²) < 4.78 is 4.85. The molecule has 0 aromatic carbocycles. The Kier molecular flexibility index (Phi) is 4.88. The zero-order valence-corrected chi connectivity index (χ0v) is 13.6. The third kappa shape index (κ3) is 3.05. The molecule has 0 aliphatic carbocycles. The van der Waals surface area contributed by atoms with Crippen molar-refractivity contribution in [1.29, 1.82) is 0 Å². The number of piperidine rings is 1. The number of nitrogen functional groups attached to an aromatic ring is 1. The molecule has 1 aliphatic heterocycles. The van der Waals surface area contributed by atoms with Crippen LogP contribution in [0.5, 0.6) is 0 Å². The third-order valence-corrected chi connectivity index (χ3v) is 4.99. The van der Waals surface area contributed by atoms with Gasteiger partial charge in [-0.25, -0.2) is 4.79 Å². The van der Waals surface area contributed by atoms with Crippen molar-refractivity contribution < 1.29 is 14.3 Å². The number of ketones is 1. The highest BCUT2D eigenvalue weighted by molar-refractivity contribution is 7.19. The van der Waals surface area contributed by atoms with E-state index in [1.54, 1.807) is 0 Å². The fourth-order valence-corrected chi connectivity index (χ4v) is 3.84. The van der Waals surface area contributed by atoms with Gasteiger partial charge in [0, 0.05) is 19.0 Å². The summed E-state index contributed by atoms with van der Waals surface area (Å²) in [5.41, 5.74) is 6.71. The van der Waals surface area contributed by atoms with Crippen molar-refractivity contribution in [3.05, 3.63) is 10.4 Å². The first-order valence-corrected chi connectivity index (χ1v) is 8.08. The number of hydrogen-bond acceptors (Lipinski definition) is 6. The van der Waals surface area contributed by atoms with Crippen molar-refractivity contribution in [1.82, 2.24) is 0 Å². The fourth-order valence-electron chi connectivity index (χ4n) is 2.50. The van der Waals surface area contributed by atoms with Crippen LogP contribution in [0.1, 0.15) is 53.1 Å². The lowest BCUT2D eigenvalue weighted by atomic mass is 10.1. The monoisotopic (exact) mass is 310 g/mol. The van der Waals surface area contributed by atoms with Crippen molar-refractivity contribution in [2.45, 2.75) is 33.1 Å². The topological polar surface area (TPSA) is 72.6 Å². The average Bonchev–Trinajstić information content (AvgIpc) is 2.84. The molecule has 1 fully saturated rings. The van der Waals surface area contributed by atoms with E-state index >= 15 is 0 Å². The molecule has 0 saturated carbocycles. The van der Waals surface area contributed by atoms with Crippen LogP contribution in [-0.2, 0) is 4.74 Å². The molecule has 1 aromatic heterocycles. The summed E-state index contributed by atoms with van der Waals surface area (Å²) >= 11 is 1.32. The second-order valence-electron chi connectivity index (χ2n) is 5.58. The van der Waals surface area contributed by atoms with Crippen LogP contribution in [0.25, 0.3) is 0 Å². The van der Waals surface area contributed by atoms with E-state index in [0.29, 0.717) is 10.4 Å². The first-order valence-electron chi connectivity index (χ1n) is 7.27. The first kappa shape index (κ1) is 15.8. The Hall–Kier alpha value is -1.56. The Morgan fingerprint density at radius 2 is 1.86 bits per heavy atom. The predicted octanol–water partition coefficient (Wildman–Crippen LogP) is 2.95. The van der Waals surface area contributed by atoms with Gasteiger partial charge < -0.3 is 15.4 Å². The van der Waals surface area contributed by atoms with Crippen LogP contribution in [-0.4, -0.2) is 32.0 Å². The molecule has 2 N–H and O–H groups in total. The van der Waals surface area contributed by atoms with Gasteiger partial charge in [-0.1, -0.05) is 13.8 Å². The molecule has 116 valence electrons. The van der Waals surface area contributed by atoms with Gasteiger partial charge in [-0.15, -0.1) is 11.3 Å². The summed E-state index contributed by atoms with van der Waals surface area (Å²) in [6.45, 7) is 5.44. The summed E-state index contributed by atoms with van der Waals surface area (Å²) in [7, 11) is 1.34. The van der Waals surface area contributed by atoms with E-state index in [-0.39, 0.29) is 17.4 Å². The molecule has 1 saturated heterocycles. The van der Waals surface area contributed by atoms with E-state index in [2.05, 4.69) is 4.90 Å². The smallest absolute Gasteiger partial charge is 0.343 e. The van der Waals surface area contributed by atoms with Crippen LogP contribution in [0.2, 0.25) is 0 Å². The highest BCUT2D eigenvalue weighted by Crippen LogP contribution is 2.40. The Morgan fingerprint density at radius 1 is 1.24 bits per heavy atom. The summed E-state index contributed by atoms with van der Waals surface area (Å²) in [6, 6.07) is 0. The number of Topliss-reactive ketones (excluding diaryl/α,β-unsaturated/α-hetero) is 1. The number of nitrogens with zero attached hydrogens (tertiary/aromatic N) is 1. The summed E-state index contributed by atoms with van der Waals surface area (Å²) in [4.78, 5) is 27.0. The van der Waals surface area contributed by atoms with Crippen LogP contribution in [0.4, 0.5) is 10.7 Å². The van der Waals surface area contributed by atoms with Crippen molar-refractivity contribution >= 4 is 33.8 Å². The molecule has 2 heterocycles. The highest BCUT2D eigenvalue weighted by atomic mass is 32.1. The molecule has 0 unspecified atom stereocenters. The minimum absolute atomic E-state index is 0.0223. The molecule has 6 heteroatoms. The van der Waals surface area contributed by atoms with E-state index in [9.17, 15) is 9.59 Å². The number of hydrogen-bond donors (Lipinski definition) is 1. The number of ether oxygens (including phenoxy) is 1. The number of esters is 1. The molecule has 0 amide bonds. The zero-order chi connectivity index (χ0) is 15.6. The summed E-state index contributed by atoms with van der Waals surface area (Å²) in [5, 5.41) is 0.781. The normalized spacial score (nSPS) is 15.3. The SMILES string of the molecule is COC(=O)c1c(N2CCCCC2)sc(C(=O)C(C)C)c1N. The highest BCUT2D eigenvalue weighted by Gasteiger charge is 2.30. The predicted molar refractivity (Wildman–Crippen MR) is 85.3 cm³/mol. The molecular formula is C15H22N2O3S. The average molecular weight is 310 g/mol. The van der Waals surface area contributed by atoms with E-state index in [4.69, 9.17) is 10.5 Å². The molecule has 0 spiro atoms. The summed E-state index contributed by atoms with van der Waals surface area (Å²) in [5.74, 6) is -0.635. The van der Waals surface area contributed by atoms with Crippen LogP contribution < -0.4 is 10.6 Å². The minimum Gasteiger partial charge on any atom is -0.465 e. The van der Waals surface area contributed by atoms with E-state index in [1.165, 1.54) is 24.9 Å². The molecule has 1 aliphatic rings. The molecule has 0 radical (unpaired) electrons. The van der Waals surface area contributed by atoms with E-state index < -0.39 is 5.97 Å². The Balaban J connectivity index is 2.49. The van der Waals surface area contributed by atoms with Gasteiger partial charge in [0.05, 0.1) is 17.7 Å². The fraction of sp³-hybridized carbons (Fsp3) is 0.600. The number of carbonyl (C=O) groups is 2. The second kappa shape index (κ2) is 6.47. The van der Waals surface area contributed by atoms with Crippen LogP contribution in [0.3, 0.4) is 0 Å². The number of thiophene rings is 1. The van der Waals surface area contributed by atoms with Crippen molar-refractivity contribution in [3.63, 3.8) is 0 Å². The molecular weight excluding hydrogens is 288 g/mol. The van der Waals surface area contributed by atoms with Crippen molar-refractivity contribution in [2.24, 2.45) is 5.92 Å². The van der Waals surface area contributed by atoms with E-state index in [0.717, 1.165) is 30.9 Å². The Morgan fingerprint density at radius 3 is 2.38 bits per heavy atom. The lowest BCUT2D eigenvalue weighted by Gasteiger charge is -2.28. The number of rotatable bonds is 4. The second-order valence-corrected chi connectivity index (χ2v) is 6.58. The van der Waals surface area contributed by atoms with Gasteiger partial charge in [0.25, 0.3) is 0 Å². The largest absolute Gasteiger partial charge is 0.465 e. The molecule has 5 nitrogen and oxygen atoms in total. The number of methoxy groups -OCH3 is 1. The lowest BCUT2D eigenvalue weighted by Crippen LogP contribution is -2.30. The maximum Gasteiger partial charge on any atom is 0.343 e. The number of nitrogens with two attached hydrogens (primary N) is 1. The lowest BCUT2D eigenvalue weighted by molar-refractivity contribution is 0.0603. The Labute approximate surface area is 129 Å². The molecule has 0 atom stereocenters. The van der Waals surface area contributed by atoms with Gasteiger partial charge in [0.2, 0.25) is 0 Å². The zero-order valence-electron chi connectivity index (χ0n) is 12.8. The van der Waals surface area contributed by atoms with Crippen molar-refractivity contribution in [3.8, 4) is 0 Å². The first-order chi connectivity index (χ1) is 9.97. The molecule has 1 aromatic rings. The quantitative estimate of drug-likeness (QED) is 0.684. The maximum atomic E-state index is 12.3. The van der Waals surface area contributed by atoms with Crippen molar-refractivity contribution in [2.75, 3.05) is 30.8 Å². The molecule has 2 rings (SSSR count). The maximum absolute atomic E-state index is 12.3. The van der Waals surface area contributed by atoms with Gasteiger partial charge in [-0.05, 0) is 19.3 Å². The number of anilines is 2. The van der Waals surface area contributed by atoms with Crippen LogP contribution in [0.15, 0.2) is 0 Å². The third-order valence-electron chi connectivity index (χ3n) is 3.71.